The lowest BCUT2D eigenvalue weighted by atomic mass is 9.77. The van der Waals surface area contributed by atoms with Crippen molar-refractivity contribution in [2.75, 3.05) is 19.0 Å². The number of imidazole rings is 1. The highest BCUT2D eigenvalue weighted by atomic mass is 16.5. The van der Waals surface area contributed by atoms with E-state index in [-0.39, 0.29) is 57.8 Å². The molecule has 3 heterocycles. The Morgan fingerprint density at radius 3 is 2.43 bits per heavy atom. The van der Waals surface area contributed by atoms with Crippen molar-refractivity contribution in [3.63, 3.8) is 0 Å². The van der Waals surface area contributed by atoms with Gasteiger partial charge in [0, 0.05) is 73.6 Å². The van der Waals surface area contributed by atoms with Crippen LogP contribution in [0, 0.1) is 42.4 Å². The number of amides is 1. The topological polar surface area (TPSA) is 189 Å². The molecule has 0 saturated carbocycles. The molecule has 0 spiro atoms. The molecular weight excluding hydrogens is 743 g/mol. The molecule has 9 atom stereocenters. The first-order chi connectivity index (χ1) is 27.6. The molecule has 1 aliphatic heterocycles. The van der Waals surface area contributed by atoms with Gasteiger partial charge in [-0.15, -0.1) is 0 Å². The van der Waals surface area contributed by atoms with Crippen molar-refractivity contribution in [1.29, 1.82) is 0 Å². The summed E-state index contributed by atoms with van der Waals surface area (Å²) >= 11 is 0. The lowest BCUT2D eigenvalue weighted by molar-refractivity contribution is -0.161. The number of methoxy groups -OCH3 is 1. The molecule has 1 amide bonds. The molecule has 58 heavy (non-hydrogen) atoms. The molecule has 2 unspecified atom stereocenters. The molecule has 0 radical (unpaired) electrons. The first-order valence-corrected chi connectivity index (χ1v) is 19.7. The van der Waals surface area contributed by atoms with E-state index in [1.54, 1.807) is 75.6 Å². The zero-order valence-corrected chi connectivity index (χ0v) is 34.6. The Labute approximate surface area is 339 Å². The van der Waals surface area contributed by atoms with Gasteiger partial charge in [-0.2, -0.15) is 0 Å². The molecule has 1 aliphatic carbocycles. The third kappa shape index (κ3) is 8.76. The molecule has 3 aromatic rings. The number of aliphatic hydroxyl groups excluding tert-OH is 3. The van der Waals surface area contributed by atoms with E-state index >= 15 is 0 Å². The zero-order valence-electron chi connectivity index (χ0n) is 34.6. The fourth-order valence-corrected chi connectivity index (χ4v) is 8.00. The standard InChI is InChI=1S/C45H55N3O10/c1-10-29-32(56-9)17-13-16-30(50)35-33(57-11-2)19-18-31(51)36-37(35)38-40(48-21-20-23(3)22-34(48)46-38)39(43(36)54)47-45(55)25(5)15-12-14-24(4)41(52)26(6)42(53)27(7)44(29)58-28(8)49/h12-15,17,20-22,24,26-27,29,32-33,41-42,44,50,52-54H,10-11,16H2,1-9H3,(H,47,55)/b14-12+,17-13+,25-15-,35-30?/t24-,26+,27+,29+,32-,33?,41-,42+,44?/m0/s1. The van der Waals surface area contributed by atoms with E-state index in [2.05, 4.69) is 17.2 Å². The number of hydrogen-bond acceptors (Lipinski definition) is 11. The fourth-order valence-electron chi connectivity index (χ4n) is 8.00. The van der Waals surface area contributed by atoms with E-state index in [0.29, 0.717) is 12.1 Å². The van der Waals surface area contributed by atoms with Gasteiger partial charge >= 0.3 is 5.97 Å². The second kappa shape index (κ2) is 18.6. The van der Waals surface area contributed by atoms with Crippen LogP contribution in [0.2, 0.25) is 0 Å². The molecule has 2 aliphatic rings. The van der Waals surface area contributed by atoms with Crippen LogP contribution in [0.25, 0.3) is 22.3 Å². The number of phenolic OH excluding ortho intramolecular Hbond substituents is 1. The summed E-state index contributed by atoms with van der Waals surface area (Å²) in [5.74, 6) is 0.507. The number of aryl methyl sites for hydroxylation is 1. The zero-order chi connectivity index (χ0) is 42.6. The number of carbonyl (C=O) groups excluding carboxylic acids is 3. The number of hydrogen-bond donors (Lipinski definition) is 5. The largest absolute Gasteiger partial charge is 0.512 e. The number of aromatic nitrogens is 2. The molecule has 2 aromatic heterocycles. The normalized spacial score (nSPS) is 29.6. The number of pyridine rings is 1. The third-order valence-corrected chi connectivity index (χ3v) is 11.3. The molecule has 0 fully saturated rings. The maximum absolute atomic E-state index is 13.9. The van der Waals surface area contributed by atoms with Crippen molar-refractivity contribution in [3.05, 3.63) is 76.7 Å². The van der Waals surface area contributed by atoms with Crippen molar-refractivity contribution in [2.24, 2.45) is 23.7 Å². The molecule has 1 aromatic carbocycles. The molecule has 0 saturated heterocycles. The fraction of sp³-hybridized carbons (Fsp3) is 0.467. The van der Waals surface area contributed by atoms with E-state index < -0.39 is 77.6 Å². The van der Waals surface area contributed by atoms with Crippen LogP contribution < -0.4 is 5.32 Å². The van der Waals surface area contributed by atoms with Gasteiger partial charge in [0.15, 0.2) is 5.75 Å². The number of fused-ring (bicyclic) bond motifs is 1. The third-order valence-electron chi connectivity index (χ3n) is 11.3. The highest BCUT2D eigenvalue weighted by Crippen LogP contribution is 2.45. The number of esters is 1. The highest BCUT2D eigenvalue weighted by molar-refractivity contribution is 6.22. The number of allylic oxidation sites excluding steroid dienone is 3. The maximum Gasteiger partial charge on any atom is 0.302 e. The van der Waals surface area contributed by atoms with Crippen molar-refractivity contribution < 1.29 is 49.0 Å². The minimum atomic E-state index is -1.11. The Balaban J connectivity index is 1.81. The van der Waals surface area contributed by atoms with Gasteiger partial charge < -0.3 is 40.0 Å². The summed E-state index contributed by atoms with van der Waals surface area (Å²) in [6.45, 7) is 13.9. The minimum Gasteiger partial charge on any atom is -0.512 e. The van der Waals surface area contributed by atoms with E-state index in [1.165, 1.54) is 14.0 Å². The number of ether oxygens (including phenoxy) is 3. The summed E-state index contributed by atoms with van der Waals surface area (Å²) < 4.78 is 19.5. The van der Waals surface area contributed by atoms with Gasteiger partial charge in [-0.05, 0) is 50.8 Å². The van der Waals surface area contributed by atoms with Crippen LogP contribution in [0.1, 0.15) is 82.8 Å². The number of phenols is 1. The monoisotopic (exact) mass is 797 g/mol. The number of ketones is 1. The quantitative estimate of drug-likeness (QED) is 0.0634. The summed E-state index contributed by atoms with van der Waals surface area (Å²) in [7, 11) is 1.51. The molecule has 13 heteroatoms. The lowest BCUT2D eigenvalue weighted by Crippen LogP contribution is -2.47. The molecule has 2 bridgehead atoms. The predicted octanol–water partition coefficient (Wildman–Crippen LogP) is 6.38. The number of nitrogens with one attached hydrogen (secondary N) is 1. The number of rotatable bonds is 5. The summed E-state index contributed by atoms with van der Waals surface area (Å²) in [6.07, 6.45) is 5.72. The van der Waals surface area contributed by atoms with Crippen molar-refractivity contribution >= 4 is 45.6 Å². The van der Waals surface area contributed by atoms with Crippen LogP contribution in [0.5, 0.6) is 5.75 Å². The van der Waals surface area contributed by atoms with E-state index in [1.807, 2.05) is 26.0 Å². The molecular formula is C45H55N3O10. The van der Waals surface area contributed by atoms with Crippen molar-refractivity contribution in [1.82, 2.24) is 9.38 Å². The SMILES string of the molecule is CCOC1C#CC(=O)c2c(O)c3c4c(nc5cc(C)ccn54)c2C1=C(O)C/C=C/[C@H](OC)[C@@H](CC)C(OC(C)=O)[C@H](C)[C@H](O)[C@H](C)[C@@H](O)[C@@H](C)/C=C/C=C(/C)C(=O)N3. The Kier molecular flexibility index (Phi) is 14.0. The Hall–Kier alpha value is -5.26. The van der Waals surface area contributed by atoms with Crippen molar-refractivity contribution in [3.8, 4) is 17.6 Å². The average molecular weight is 798 g/mol. The van der Waals surface area contributed by atoms with Crippen LogP contribution in [0.3, 0.4) is 0 Å². The van der Waals surface area contributed by atoms with Gasteiger partial charge in [0.1, 0.15) is 40.3 Å². The number of aliphatic hydroxyl groups is 3. The Morgan fingerprint density at radius 2 is 1.78 bits per heavy atom. The molecule has 5 N–H and O–H groups in total. The van der Waals surface area contributed by atoms with E-state index in [9.17, 15) is 34.8 Å². The smallest absolute Gasteiger partial charge is 0.302 e. The number of anilines is 1. The van der Waals surface area contributed by atoms with Gasteiger partial charge in [-0.1, -0.05) is 64.0 Å². The Bertz CT molecular complexity index is 2260. The number of aromatic hydroxyl groups is 1. The summed E-state index contributed by atoms with van der Waals surface area (Å²) in [4.78, 5) is 45.1. The highest BCUT2D eigenvalue weighted by Gasteiger charge is 2.41. The average Bonchev–Trinajstić information content (AvgIpc) is 3.49. The van der Waals surface area contributed by atoms with Gasteiger partial charge in [-0.25, -0.2) is 4.98 Å². The first-order valence-electron chi connectivity index (χ1n) is 19.7. The minimum absolute atomic E-state index is 0.0782. The second-order valence-corrected chi connectivity index (χ2v) is 15.2. The van der Waals surface area contributed by atoms with Gasteiger partial charge in [0.25, 0.3) is 5.91 Å². The predicted molar refractivity (Wildman–Crippen MR) is 221 cm³/mol. The van der Waals surface area contributed by atoms with Crippen LogP contribution in [0.4, 0.5) is 5.69 Å². The first kappa shape index (κ1) is 43.9. The van der Waals surface area contributed by atoms with Gasteiger partial charge in [0.05, 0.1) is 23.9 Å². The summed E-state index contributed by atoms with van der Waals surface area (Å²) in [6, 6.07) is 3.65. The number of Topliss-reactive ketones (excluding diaryl/α,β-unsaturated/α-hetero) is 1. The molecule has 13 nitrogen and oxygen atoms in total. The maximum atomic E-state index is 13.9. The number of nitrogens with zero attached hydrogens (tertiary/aromatic N) is 2. The van der Waals surface area contributed by atoms with Crippen LogP contribution in [-0.2, 0) is 23.8 Å². The van der Waals surface area contributed by atoms with Crippen LogP contribution in [0.15, 0.2) is 60.0 Å². The second-order valence-electron chi connectivity index (χ2n) is 15.2. The number of carbonyl (C=O) groups is 3. The van der Waals surface area contributed by atoms with Crippen LogP contribution >= 0.6 is 0 Å². The van der Waals surface area contributed by atoms with E-state index in [0.717, 1.165) is 5.56 Å². The lowest BCUT2D eigenvalue weighted by Gasteiger charge is -2.39. The van der Waals surface area contributed by atoms with Gasteiger partial charge in [0.2, 0.25) is 5.78 Å². The molecule has 5 rings (SSSR count). The van der Waals surface area contributed by atoms with Gasteiger partial charge in [-0.3, -0.25) is 18.8 Å². The summed E-state index contributed by atoms with van der Waals surface area (Å²) in [5, 5.41) is 49.9. The van der Waals surface area contributed by atoms with E-state index in [4.69, 9.17) is 19.2 Å². The summed E-state index contributed by atoms with van der Waals surface area (Å²) in [5.41, 5.74) is 1.94. The molecule has 310 valence electrons. The Morgan fingerprint density at radius 1 is 1.05 bits per heavy atom. The van der Waals surface area contributed by atoms with Crippen LogP contribution in [-0.4, -0.2) is 91.7 Å². The number of benzene rings is 1. The van der Waals surface area contributed by atoms with Crippen molar-refractivity contribution in [2.45, 2.75) is 98.8 Å².